The van der Waals surface area contributed by atoms with E-state index < -0.39 is 0 Å². The molecule has 2 rings (SSSR count). The number of aryl methyl sites for hydroxylation is 1. The van der Waals surface area contributed by atoms with Crippen molar-refractivity contribution in [2.75, 3.05) is 11.9 Å². The van der Waals surface area contributed by atoms with E-state index in [1.807, 2.05) is 25.1 Å². The van der Waals surface area contributed by atoms with Crippen molar-refractivity contribution in [1.29, 1.82) is 5.26 Å². The highest BCUT2D eigenvalue weighted by molar-refractivity contribution is 9.11. The second kappa shape index (κ2) is 6.03. The molecule has 18 heavy (non-hydrogen) atoms. The Morgan fingerprint density at radius 3 is 2.83 bits per heavy atom. The Hall–Kier alpha value is -1.31. The Morgan fingerprint density at radius 1 is 1.33 bits per heavy atom. The molecule has 1 aromatic heterocycles. The Labute approximate surface area is 119 Å². The number of hydrogen-bond acceptors (Lipinski definition) is 3. The molecule has 4 heteroatoms. The summed E-state index contributed by atoms with van der Waals surface area (Å²) in [5.74, 6) is 0. The molecule has 0 saturated carbocycles. The Morgan fingerprint density at radius 2 is 2.17 bits per heavy atom. The minimum atomic E-state index is 0.711. The zero-order valence-electron chi connectivity index (χ0n) is 10.0. The summed E-state index contributed by atoms with van der Waals surface area (Å²) >= 11 is 5.21. The van der Waals surface area contributed by atoms with Gasteiger partial charge in [-0.1, -0.05) is 12.1 Å². The maximum Gasteiger partial charge on any atom is 0.101 e. The minimum absolute atomic E-state index is 0.711. The highest BCUT2D eigenvalue weighted by Crippen LogP contribution is 2.23. The first-order valence-electron chi connectivity index (χ1n) is 5.68. The van der Waals surface area contributed by atoms with E-state index in [-0.39, 0.29) is 0 Å². The largest absolute Gasteiger partial charge is 0.383 e. The Balaban J connectivity index is 2.00. The van der Waals surface area contributed by atoms with Gasteiger partial charge in [0, 0.05) is 11.4 Å². The average molecular weight is 321 g/mol. The van der Waals surface area contributed by atoms with E-state index in [1.54, 1.807) is 11.3 Å². The van der Waals surface area contributed by atoms with E-state index in [2.05, 4.69) is 39.4 Å². The van der Waals surface area contributed by atoms with Crippen LogP contribution in [0.4, 0.5) is 5.69 Å². The molecule has 0 saturated heterocycles. The number of nitrogens with zero attached hydrogens (tertiary/aromatic N) is 1. The highest BCUT2D eigenvalue weighted by atomic mass is 79.9. The predicted octanol–water partition coefficient (Wildman–Crippen LogP) is 4.35. The van der Waals surface area contributed by atoms with Crippen LogP contribution >= 0.6 is 27.3 Å². The molecule has 0 unspecified atom stereocenters. The van der Waals surface area contributed by atoms with Gasteiger partial charge in [0.1, 0.15) is 6.07 Å². The van der Waals surface area contributed by atoms with Crippen LogP contribution < -0.4 is 5.32 Å². The smallest absolute Gasteiger partial charge is 0.101 e. The van der Waals surface area contributed by atoms with Gasteiger partial charge in [0.05, 0.1) is 15.0 Å². The molecule has 0 aliphatic heterocycles. The van der Waals surface area contributed by atoms with Crippen molar-refractivity contribution in [2.24, 2.45) is 0 Å². The lowest BCUT2D eigenvalue weighted by atomic mass is 10.1. The van der Waals surface area contributed by atoms with E-state index in [9.17, 15) is 0 Å². The molecule has 0 atom stereocenters. The molecule has 1 aromatic carbocycles. The monoisotopic (exact) mass is 320 g/mol. The van der Waals surface area contributed by atoms with Crippen LogP contribution in [0.15, 0.2) is 34.1 Å². The SMILES string of the molecule is Cc1cccc(C#N)c1NCCc1ccc(Br)s1. The van der Waals surface area contributed by atoms with Crippen LogP contribution in [0.5, 0.6) is 0 Å². The first-order chi connectivity index (χ1) is 8.70. The van der Waals surface area contributed by atoms with Gasteiger partial charge in [-0.2, -0.15) is 5.26 Å². The quantitative estimate of drug-likeness (QED) is 0.909. The summed E-state index contributed by atoms with van der Waals surface area (Å²) in [5, 5.41) is 12.4. The van der Waals surface area contributed by atoms with Gasteiger partial charge in [-0.25, -0.2) is 0 Å². The number of halogens is 1. The van der Waals surface area contributed by atoms with E-state index in [4.69, 9.17) is 5.26 Å². The van der Waals surface area contributed by atoms with Crippen molar-refractivity contribution >= 4 is 33.0 Å². The van der Waals surface area contributed by atoms with Crippen LogP contribution in [-0.4, -0.2) is 6.54 Å². The molecule has 0 spiro atoms. The normalized spacial score (nSPS) is 10.1. The second-order valence-electron chi connectivity index (χ2n) is 3.99. The molecule has 2 nitrogen and oxygen atoms in total. The molecule has 1 heterocycles. The standard InChI is InChI=1S/C14H13BrN2S/c1-10-3-2-4-11(9-16)14(10)17-8-7-12-5-6-13(15)18-12/h2-6,17H,7-8H2,1H3. The molecule has 0 aliphatic carbocycles. The fourth-order valence-corrected chi connectivity index (χ4v) is 3.28. The summed E-state index contributed by atoms with van der Waals surface area (Å²) in [7, 11) is 0. The molecule has 0 bridgehead atoms. The number of nitriles is 1. The molecule has 92 valence electrons. The zero-order chi connectivity index (χ0) is 13.0. The van der Waals surface area contributed by atoms with E-state index in [1.165, 1.54) is 4.88 Å². The molecule has 0 fully saturated rings. The van der Waals surface area contributed by atoms with Crippen LogP contribution in [0.1, 0.15) is 16.0 Å². The van der Waals surface area contributed by atoms with Crippen molar-refractivity contribution in [1.82, 2.24) is 0 Å². The summed E-state index contributed by atoms with van der Waals surface area (Å²) in [6.07, 6.45) is 0.968. The third-order valence-electron chi connectivity index (χ3n) is 2.70. The summed E-state index contributed by atoms with van der Waals surface area (Å²) in [6.45, 7) is 2.86. The van der Waals surface area contributed by atoms with Crippen molar-refractivity contribution < 1.29 is 0 Å². The van der Waals surface area contributed by atoms with Gasteiger partial charge >= 0.3 is 0 Å². The molecule has 0 radical (unpaired) electrons. The van der Waals surface area contributed by atoms with Crippen LogP contribution in [-0.2, 0) is 6.42 Å². The number of anilines is 1. The summed E-state index contributed by atoms with van der Waals surface area (Å²) < 4.78 is 1.16. The predicted molar refractivity (Wildman–Crippen MR) is 80.1 cm³/mol. The van der Waals surface area contributed by atoms with Gasteiger partial charge in [0.2, 0.25) is 0 Å². The molecule has 0 amide bonds. The van der Waals surface area contributed by atoms with Gasteiger partial charge < -0.3 is 5.32 Å². The summed E-state index contributed by atoms with van der Waals surface area (Å²) in [4.78, 5) is 1.33. The first-order valence-corrected chi connectivity index (χ1v) is 7.29. The summed E-state index contributed by atoms with van der Waals surface area (Å²) in [6, 6.07) is 12.2. The van der Waals surface area contributed by atoms with E-state index in [0.717, 1.165) is 28.0 Å². The number of nitrogens with one attached hydrogen (secondary N) is 1. The van der Waals surface area contributed by atoms with E-state index in [0.29, 0.717) is 5.56 Å². The van der Waals surface area contributed by atoms with Crippen LogP contribution in [0.3, 0.4) is 0 Å². The number of rotatable bonds is 4. The molecule has 2 aromatic rings. The number of para-hydroxylation sites is 1. The number of thiophene rings is 1. The number of hydrogen-bond donors (Lipinski definition) is 1. The Kier molecular flexibility index (Phi) is 4.40. The fourth-order valence-electron chi connectivity index (χ4n) is 1.79. The van der Waals surface area contributed by atoms with Gasteiger partial charge in [0.25, 0.3) is 0 Å². The van der Waals surface area contributed by atoms with Crippen molar-refractivity contribution in [3.8, 4) is 6.07 Å². The molecule has 1 N–H and O–H groups in total. The van der Waals surface area contributed by atoms with Gasteiger partial charge in [0.15, 0.2) is 0 Å². The fraction of sp³-hybridized carbons (Fsp3) is 0.214. The maximum absolute atomic E-state index is 9.07. The maximum atomic E-state index is 9.07. The lowest BCUT2D eigenvalue weighted by Gasteiger charge is -2.10. The molecular weight excluding hydrogens is 308 g/mol. The van der Waals surface area contributed by atoms with Crippen molar-refractivity contribution in [3.63, 3.8) is 0 Å². The van der Waals surface area contributed by atoms with Gasteiger partial charge in [-0.05, 0) is 53.0 Å². The van der Waals surface area contributed by atoms with Crippen molar-refractivity contribution in [3.05, 3.63) is 50.1 Å². The lowest BCUT2D eigenvalue weighted by molar-refractivity contribution is 1.04. The lowest BCUT2D eigenvalue weighted by Crippen LogP contribution is -2.06. The van der Waals surface area contributed by atoms with Gasteiger partial charge in [-0.15, -0.1) is 11.3 Å². The van der Waals surface area contributed by atoms with Crippen LogP contribution in [0, 0.1) is 18.3 Å². The van der Waals surface area contributed by atoms with E-state index >= 15 is 0 Å². The second-order valence-corrected chi connectivity index (χ2v) is 6.54. The highest BCUT2D eigenvalue weighted by Gasteiger charge is 2.04. The molecular formula is C14H13BrN2S. The zero-order valence-corrected chi connectivity index (χ0v) is 12.4. The topological polar surface area (TPSA) is 35.8 Å². The summed E-state index contributed by atoms with van der Waals surface area (Å²) in [5.41, 5.74) is 2.78. The Bertz CT molecular complexity index is 584. The third-order valence-corrected chi connectivity index (χ3v) is 4.38. The third kappa shape index (κ3) is 3.12. The van der Waals surface area contributed by atoms with Crippen LogP contribution in [0.25, 0.3) is 0 Å². The van der Waals surface area contributed by atoms with Gasteiger partial charge in [-0.3, -0.25) is 0 Å². The molecule has 0 aliphatic rings. The van der Waals surface area contributed by atoms with Crippen molar-refractivity contribution in [2.45, 2.75) is 13.3 Å². The average Bonchev–Trinajstić information content (AvgIpc) is 2.77. The van der Waals surface area contributed by atoms with Crippen LogP contribution in [0.2, 0.25) is 0 Å². The first kappa shape index (κ1) is 13.1. The number of benzene rings is 1. The minimum Gasteiger partial charge on any atom is -0.383 e.